The molecule has 2 aliphatic rings. The van der Waals surface area contributed by atoms with E-state index in [1.165, 1.54) is 29.2 Å². The van der Waals surface area contributed by atoms with Crippen LogP contribution >= 0.6 is 0 Å². The van der Waals surface area contributed by atoms with Gasteiger partial charge in [0.1, 0.15) is 0 Å². The minimum atomic E-state index is -0.0603. The molecule has 1 aromatic carbocycles. The van der Waals surface area contributed by atoms with Crippen molar-refractivity contribution in [3.05, 3.63) is 58.9 Å². The summed E-state index contributed by atoms with van der Waals surface area (Å²) in [7, 11) is 0. The van der Waals surface area contributed by atoms with E-state index in [1.54, 1.807) is 0 Å². The average Bonchev–Trinajstić information content (AvgIpc) is 3.31. The van der Waals surface area contributed by atoms with Gasteiger partial charge in [0.15, 0.2) is 0 Å². The molecule has 0 unspecified atom stereocenters. The van der Waals surface area contributed by atoms with E-state index in [-0.39, 0.29) is 5.91 Å². The van der Waals surface area contributed by atoms with E-state index in [4.69, 9.17) is 0 Å². The maximum Gasteiger partial charge on any atom is 0.280 e. The van der Waals surface area contributed by atoms with E-state index in [2.05, 4.69) is 29.6 Å². The zero-order valence-corrected chi connectivity index (χ0v) is 14.3. The van der Waals surface area contributed by atoms with Gasteiger partial charge in [-0.15, -0.1) is 0 Å². The second-order valence-corrected chi connectivity index (χ2v) is 6.62. The van der Waals surface area contributed by atoms with Crippen molar-refractivity contribution in [1.29, 1.82) is 0 Å². The fourth-order valence-electron chi connectivity index (χ4n) is 3.43. The van der Waals surface area contributed by atoms with E-state index >= 15 is 0 Å². The van der Waals surface area contributed by atoms with Gasteiger partial charge in [-0.1, -0.05) is 18.2 Å². The molecule has 24 heavy (non-hydrogen) atoms. The van der Waals surface area contributed by atoms with Crippen molar-refractivity contribution in [2.45, 2.75) is 39.7 Å². The maximum absolute atomic E-state index is 12.8. The van der Waals surface area contributed by atoms with E-state index in [1.807, 2.05) is 43.3 Å². The normalized spacial score (nSPS) is 19.3. The van der Waals surface area contributed by atoms with Crippen molar-refractivity contribution < 1.29 is 4.79 Å². The van der Waals surface area contributed by atoms with Crippen LogP contribution in [-0.2, 0) is 4.79 Å². The van der Waals surface area contributed by atoms with E-state index < -0.39 is 0 Å². The molecule has 2 heterocycles. The zero-order chi connectivity index (χ0) is 16.8. The maximum atomic E-state index is 12.8. The summed E-state index contributed by atoms with van der Waals surface area (Å²) in [6, 6.07) is 12.4. The number of para-hydroxylation sites is 1. The first-order chi connectivity index (χ1) is 11.6. The summed E-state index contributed by atoms with van der Waals surface area (Å²) in [6.45, 7) is 6.17. The molecular weight excluding hydrogens is 298 g/mol. The lowest BCUT2D eigenvalue weighted by Gasteiger charge is -2.11. The van der Waals surface area contributed by atoms with Crippen LogP contribution in [0.25, 0.3) is 6.08 Å². The molecule has 4 heteroatoms. The van der Waals surface area contributed by atoms with Crippen LogP contribution in [0, 0.1) is 13.8 Å². The highest BCUT2D eigenvalue weighted by atomic mass is 16.2. The van der Waals surface area contributed by atoms with Crippen molar-refractivity contribution in [2.75, 3.05) is 5.01 Å². The van der Waals surface area contributed by atoms with Crippen LogP contribution in [0.3, 0.4) is 0 Å². The number of amides is 1. The number of benzene rings is 1. The van der Waals surface area contributed by atoms with Gasteiger partial charge in [0.25, 0.3) is 5.91 Å². The number of nitrogens with zero attached hydrogens (tertiary/aromatic N) is 3. The van der Waals surface area contributed by atoms with Crippen molar-refractivity contribution in [3.63, 3.8) is 0 Å². The molecule has 2 aromatic rings. The van der Waals surface area contributed by atoms with Gasteiger partial charge in [0.05, 0.1) is 17.0 Å². The third-order valence-corrected chi connectivity index (χ3v) is 4.80. The third-order valence-electron chi connectivity index (χ3n) is 4.80. The number of hydrogen-bond donors (Lipinski definition) is 0. The minimum Gasteiger partial charge on any atom is -0.346 e. The summed E-state index contributed by atoms with van der Waals surface area (Å²) in [5.41, 5.74) is 5.86. The van der Waals surface area contributed by atoms with Gasteiger partial charge in [-0.2, -0.15) is 10.1 Å². The van der Waals surface area contributed by atoms with Crippen LogP contribution in [0.5, 0.6) is 0 Å². The average molecular weight is 319 g/mol. The smallest absolute Gasteiger partial charge is 0.280 e. The summed E-state index contributed by atoms with van der Waals surface area (Å²) in [4.78, 5) is 12.8. The van der Waals surface area contributed by atoms with Gasteiger partial charge >= 0.3 is 0 Å². The Labute approximate surface area is 142 Å². The van der Waals surface area contributed by atoms with Crippen molar-refractivity contribution in [1.82, 2.24) is 4.57 Å². The number of aryl methyl sites for hydroxylation is 1. The molecule has 1 amide bonds. The SMILES string of the molecule is CC1=NN(c2ccccc2)C(=O)/C1=C\c1cc(C)n(C2CC2)c1C. The van der Waals surface area contributed by atoms with Crippen molar-refractivity contribution in [3.8, 4) is 0 Å². The lowest BCUT2D eigenvalue weighted by Crippen LogP contribution is -2.21. The standard InChI is InChI=1S/C20H21N3O/c1-13-11-16(15(3)22(13)17-9-10-17)12-19-14(2)21-23(20(19)24)18-7-5-4-6-8-18/h4-8,11-12,17H,9-10H2,1-3H3/b19-12-. The first-order valence-electron chi connectivity index (χ1n) is 8.41. The molecule has 122 valence electrons. The first-order valence-corrected chi connectivity index (χ1v) is 8.41. The molecule has 0 bridgehead atoms. The van der Waals surface area contributed by atoms with Crippen LogP contribution in [0.2, 0.25) is 0 Å². The summed E-state index contributed by atoms with van der Waals surface area (Å²) in [5.74, 6) is -0.0603. The van der Waals surface area contributed by atoms with Crippen molar-refractivity contribution in [2.24, 2.45) is 5.10 Å². The van der Waals surface area contributed by atoms with Gasteiger partial charge in [0, 0.05) is 17.4 Å². The van der Waals surface area contributed by atoms with Gasteiger partial charge in [-0.25, -0.2) is 0 Å². The Hall–Kier alpha value is -2.62. The lowest BCUT2D eigenvalue weighted by molar-refractivity contribution is -0.114. The van der Waals surface area contributed by atoms with Gasteiger partial charge in [-0.3, -0.25) is 4.79 Å². The molecule has 1 aromatic heterocycles. The number of carbonyl (C=O) groups is 1. The Bertz CT molecular complexity index is 870. The molecule has 1 aliphatic carbocycles. The van der Waals surface area contributed by atoms with Gasteiger partial charge in [-0.05, 0) is 63.5 Å². The highest BCUT2D eigenvalue weighted by molar-refractivity contribution is 6.32. The largest absolute Gasteiger partial charge is 0.346 e. The van der Waals surface area contributed by atoms with Crippen LogP contribution < -0.4 is 5.01 Å². The van der Waals surface area contributed by atoms with Crippen LogP contribution in [-0.4, -0.2) is 16.2 Å². The highest BCUT2D eigenvalue weighted by Gasteiger charge is 2.30. The van der Waals surface area contributed by atoms with Gasteiger partial charge in [0.2, 0.25) is 0 Å². The quantitative estimate of drug-likeness (QED) is 0.779. The predicted octanol–water partition coefficient (Wildman–Crippen LogP) is 4.25. The summed E-state index contributed by atoms with van der Waals surface area (Å²) in [5, 5.41) is 5.94. The third kappa shape index (κ3) is 2.39. The molecule has 1 fully saturated rings. The zero-order valence-electron chi connectivity index (χ0n) is 14.3. The fourth-order valence-corrected chi connectivity index (χ4v) is 3.43. The molecule has 0 atom stereocenters. The number of aromatic nitrogens is 1. The number of carbonyl (C=O) groups excluding carboxylic acids is 1. The summed E-state index contributed by atoms with van der Waals surface area (Å²) >= 11 is 0. The molecule has 4 nitrogen and oxygen atoms in total. The summed E-state index contributed by atoms with van der Waals surface area (Å²) in [6.07, 6.45) is 4.51. The van der Waals surface area contributed by atoms with E-state index in [0.717, 1.165) is 17.0 Å². The second-order valence-electron chi connectivity index (χ2n) is 6.62. The first kappa shape index (κ1) is 14.9. The lowest BCUT2D eigenvalue weighted by atomic mass is 10.1. The van der Waals surface area contributed by atoms with Crippen LogP contribution in [0.15, 0.2) is 47.1 Å². The Morgan fingerprint density at radius 3 is 2.50 bits per heavy atom. The number of hydrazone groups is 1. The Kier molecular flexibility index (Phi) is 3.41. The number of rotatable bonds is 3. The monoisotopic (exact) mass is 319 g/mol. The Morgan fingerprint density at radius 2 is 1.83 bits per heavy atom. The number of anilines is 1. The van der Waals surface area contributed by atoms with E-state index in [0.29, 0.717) is 11.6 Å². The predicted molar refractivity (Wildman–Crippen MR) is 97.2 cm³/mol. The topological polar surface area (TPSA) is 37.6 Å². The molecule has 1 aliphatic heterocycles. The Morgan fingerprint density at radius 1 is 1.12 bits per heavy atom. The number of hydrogen-bond acceptors (Lipinski definition) is 2. The molecule has 0 saturated heterocycles. The van der Waals surface area contributed by atoms with Crippen LogP contribution in [0.1, 0.15) is 42.8 Å². The molecule has 0 radical (unpaired) electrons. The fraction of sp³-hybridized carbons (Fsp3) is 0.300. The van der Waals surface area contributed by atoms with E-state index in [9.17, 15) is 4.79 Å². The molecule has 0 spiro atoms. The van der Waals surface area contributed by atoms with Crippen LogP contribution in [0.4, 0.5) is 5.69 Å². The molecular formula is C20H21N3O. The highest BCUT2D eigenvalue weighted by Crippen LogP contribution is 2.39. The molecule has 0 N–H and O–H groups in total. The minimum absolute atomic E-state index is 0.0603. The van der Waals surface area contributed by atoms with Gasteiger partial charge < -0.3 is 4.57 Å². The summed E-state index contributed by atoms with van der Waals surface area (Å²) < 4.78 is 2.40. The van der Waals surface area contributed by atoms with Crippen molar-refractivity contribution >= 4 is 23.4 Å². The second kappa shape index (κ2) is 5.48. The molecule has 1 saturated carbocycles. The Balaban J connectivity index is 1.70. The molecule has 4 rings (SSSR count).